The van der Waals surface area contributed by atoms with Gasteiger partial charge >= 0.3 is 5.97 Å². The minimum atomic E-state index is -0.969. The highest BCUT2D eigenvalue weighted by Gasteiger charge is 2.42. The van der Waals surface area contributed by atoms with Gasteiger partial charge in [0.1, 0.15) is 23.3 Å². The summed E-state index contributed by atoms with van der Waals surface area (Å²) in [5.41, 5.74) is 3.47. The van der Waals surface area contributed by atoms with Gasteiger partial charge in [0.25, 0.3) is 0 Å². The van der Waals surface area contributed by atoms with Gasteiger partial charge in [0.05, 0.1) is 17.3 Å². The first kappa shape index (κ1) is 21.7. The quantitative estimate of drug-likeness (QED) is 0.340. The summed E-state index contributed by atoms with van der Waals surface area (Å²) in [5.74, 6) is 0.503. The second kappa shape index (κ2) is 8.64. The number of rotatable bonds is 5. The van der Waals surface area contributed by atoms with Gasteiger partial charge in [0.2, 0.25) is 0 Å². The SMILES string of the molecule is Cc1cc(C(=O)O)ccc1-c1ccc(C2C(c3ccccn3)NC(=S)N2c2ccc(O)cc2)o1. The summed E-state index contributed by atoms with van der Waals surface area (Å²) in [6.07, 6.45) is 1.74. The van der Waals surface area contributed by atoms with E-state index in [1.165, 1.54) is 0 Å². The number of phenols is 1. The zero-order chi connectivity index (χ0) is 23.8. The number of pyridine rings is 1. The second-order valence-corrected chi connectivity index (χ2v) is 8.44. The molecule has 2 aromatic heterocycles. The fourth-order valence-corrected chi connectivity index (χ4v) is 4.61. The van der Waals surface area contributed by atoms with Crippen LogP contribution >= 0.6 is 12.2 Å². The normalized spacial score (nSPS) is 17.6. The van der Waals surface area contributed by atoms with Gasteiger partial charge in [-0.25, -0.2) is 4.79 Å². The number of aryl methyl sites for hydroxylation is 1. The number of hydrogen-bond acceptors (Lipinski definition) is 5. The van der Waals surface area contributed by atoms with Crippen molar-refractivity contribution in [2.24, 2.45) is 0 Å². The van der Waals surface area contributed by atoms with Crippen molar-refractivity contribution in [1.29, 1.82) is 0 Å². The molecule has 170 valence electrons. The van der Waals surface area contributed by atoms with Crippen LogP contribution in [0.15, 0.2) is 83.4 Å². The van der Waals surface area contributed by atoms with Crippen LogP contribution in [0.5, 0.6) is 5.75 Å². The third-order valence-electron chi connectivity index (χ3n) is 5.88. The lowest BCUT2D eigenvalue weighted by Crippen LogP contribution is -2.29. The first-order chi connectivity index (χ1) is 16.4. The lowest BCUT2D eigenvalue weighted by atomic mass is 10.0. The molecule has 1 saturated heterocycles. The Morgan fingerprint density at radius 2 is 1.88 bits per heavy atom. The standard InChI is InChI=1S/C26H21N3O4S/c1-15-14-16(25(31)32)5-10-19(15)21-11-12-22(33-21)24-23(20-4-2-3-13-27-20)28-26(34)29(24)17-6-8-18(30)9-7-17/h2-14,23-24,30H,1H3,(H,28,34)(H,31,32). The number of aromatic carboxylic acids is 1. The number of hydrogen-bond donors (Lipinski definition) is 3. The maximum atomic E-state index is 11.3. The number of anilines is 1. The Balaban J connectivity index is 1.58. The average molecular weight is 472 g/mol. The van der Waals surface area contributed by atoms with E-state index in [0.717, 1.165) is 22.5 Å². The van der Waals surface area contributed by atoms with Crippen molar-refractivity contribution in [3.63, 3.8) is 0 Å². The van der Waals surface area contributed by atoms with Crippen LogP contribution in [0.2, 0.25) is 0 Å². The molecule has 0 bridgehead atoms. The van der Waals surface area contributed by atoms with Crippen LogP contribution in [0.25, 0.3) is 11.3 Å². The van der Waals surface area contributed by atoms with E-state index in [1.807, 2.05) is 42.2 Å². The Morgan fingerprint density at radius 1 is 1.09 bits per heavy atom. The van der Waals surface area contributed by atoms with Crippen molar-refractivity contribution in [3.8, 4) is 17.1 Å². The Bertz CT molecular complexity index is 1370. The zero-order valence-electron chi connectivity index (χ0n) is 18.2. The van der Waals surface area contributed by atoms with Crippen LogP contribution in [-0.4, -0.2) is 26.3 Å². The summed E-state index contributed by atoms with van der Waals surface area (Å²) in [5, 5.41) is 22.9. The Morgan fingerprint density at radius 3 is 2.56 bits per heavy atom. The number of nitrogens with one attached hydrogen (secondary N) is 1. The molecule has 0 amide bonds. The maximum Gasteiger partial charge on any atom is 0.335 e. The van der Waals surface area contributed by atoms with E-state index in [-0.39, 0.29) is 23.4 Å². The maximum absolute atomic E-state index is 11.3. The van der Waals surface area contributed by atoms with Crippen molar-refractivity contribution in [2.75, 3.05) is 4.90 Å². The van der Waals surface area contributed by atoms with E-state index >= 15 is 0 Å². The molecule has 5 rings (SSSR count). The van der Waals surface area contributed by atoms with E-state index < -0.39 is 5.97 Å². The Labute approximate surface area is 201 Å². The molecule has 7 nitrogen and oxygen atoms in total. The number of furan rings is 1. The van der Waals surface area contributed by atoms with E-state index in [0.29, 0.717) is 16.6 Å². The largest absolute Gasteiger partial charge is 0.508 e. The summed E-state index contributed by atoms with van der Waals surface area (Å²) in [4.78, 5) is 17.8. The highest BCUT2D eigenvalue weighted by Crippen LogP contribution is 2.43. The number of carbonyl (C=O) groups is 1. The molecule has 0 saturated carbocycles. The molecule has 2 atom stereocenters. The molecule has 1 aliphatic rings. The molecule has 34 heavy (non-hydrogen) atoms. The van der Waals surface area contributed by atoms with Crippen molar-refractivity contribution in [2.45, 2.75) is 19.0 Å². The van der Waals surface area contributed by atoms with Crippen LogP contribution in [0.3, 0.4) is 0 Å². The van der Waals surface area contributed by atoms with Crippen LogP contribution in [0.1, 0.15) is 39.5 Å². The van der Waals surface area contributed by atoms with E-state index in [9.17, 15) is 15.0 Å². The minimum Gasteiger partial charge on any atom is -0.508 e. The molecule has 0 aliphatic carbocycles. The van der Waals surface area contributed by atoms with E-state index in [2.05, 4.69) is 10.3 Å². The second-order valence-electron chi connectivity index (χ2n) is 8.05. The van der Waals surface area contributed by atoms with Crippen LogP contribution in [0.4, 0.5) is 5.69 Å². The number of phenolic OH excluding ortho intramolecular Hbond substituents is 1. The fourth-order valence-electron chi connectivity index (χ4n) is 4.26. The molecule has 8 heteroatoms. The van der Waals surface area contributed by atoms with Crippen molar-refractivity contribution in [1.82, 2.24) is 10.3 Å². The van der Waals surface area contributed by atoms with Crippen LogP contribution in [0, 0.1) is 6.92 Å². The Hall–Kier alpha value is -4.17. The summed E-state index contributed by atoms with van der Waals surface area (Å²) in [6.45, 7) is 1.86. The highest BCUT2D eigenvalue weighted by atomic mass is 32.1. The third kappa shape index (κ3) is 3.88. The van der Waals surface area contributed by atoms with Crippen LogP contribution < -0.4 is 10.2 Å². The van der Waals surface area contributed by atoms with Gasteiger partial charge in [0.15, 0.2) is 5.11 Å². The van der Waals surface area contributed by atoms with Gasteiger partial charge < -0.3 is 24.8 Å². The first-order valence-electron chi connectivity index (χ1n) is 10.7. The predicted octanol–water partition coefficient (Wildman–Crippen LogP) is 5.23. The number of aromatic nitrogens is 1. The van der Waals surface area contributed by atoms with Crippen molar-refractivity contribution >= 4 is 29.0 Å². The number of aromatic hydroxyl groups is 1. The monoisotopic (exact) mass is 471 g/mol. The van der Waals surface area contributed by atoms with Crippen molar-refractivity contribution < 1.29 is 19.4 Å². The molecule has 3 heterocycles. The molecular formula is C26H21N3O4S. The van der Waals surface area contributed by atoms with Gasteiger partial charge in [-0.3, -0.25) is 4.98 Å². The highest BCUT2D eigenvalue weighted by molar-refractivity contribution is 7.80. The summed E-state index contributed by atoms with van der Waals surface area (Å²) in [7, 11) is 0. The molecule has 3 N–H and O–H groups in total. The van der Waals surface area contributed by atoms with Gasteiger partial charge in [-0.2, -0.15) is 0 Å². The molecule has 2 unspecified atom stereocenters. The smallest absolute Gasteiger partial charge is 0.335 e. The number of carboxylic acids is 1. The number of nitrogens with zero attached hydrogens (tertiary/aromatic N) is 2. The number of benzene rings is 2. The molecule has 1 fully saturated rings. The summed E-state index contributed by atoms with van der Waals surface area (Å²) < 4.78 is 6.34. The molecule has 2 aromatic carbocycles. The summed E-state index contributed by atoms with van der Waals surface area (Å²) >= 11 is 5.70. The van der Waals surface area contributed by atoms with Gasteiger partial charge in [-0.05, 0) is 85.4 Å². The van der Waals surface area contributed by atoms with E-state index in [1.54, 1.807) is 48.7 Å². The fraction of sp³-hybridized carbons (Fsp3) is 0.115. The lowest BCUT2D eigenvalue weighted by Gasteiger charge is -2.26. The van der Waals surface area contributed by atoms with Crippen molar-refractivity contribution in [3.05, 3.63) is 102 Å². The molecule has 0 radical (unpaired) electrons. The minimum absolute atomic E-state index is 0.167. The summed E-state index contributed by atoms with van der Waals surface area (Å²) in [6, 6.07) is 20.7. The number of thiocarbonyl (C=S) groups is 1. The molecule has 4 aromatic rings. The van der Waals surface area contributed by atoms with Gasteiger partial charge in [-0.1, -0.05) is 12.1 Å². The first-order valence-corrected chi connectivity index (χ1v) is 11.1. The topological polar surface area (TPSA) is 98.8 Å². The van der Waals surface area contributed by atoms with Gasteiger partial charge in [0, 0.05) is 17.4 Å². The average Bonchev–Trinajstić information content (AvgIpc) is 3.44. The van der Waals surface area contributed by atoms with Gasteiger partial charge in [-0.15, -0.1) is 0 Å². The molecule has 0 spiro atoms. The number of carboxylic acid groups (broad SMARTS) is 1. The predicted molar refractivity (Wildman–Crippen MR) is 132 cm³/mol. The molecular weight excluding hydrogens is 450 g/mol. The van der Waals surface area contributed by atoms with Crippen LogP contribution in [-0.2, 0) is 0 Å². The zero-order valence-corrected chi connectivity index (χ0v) is 19.0. The third-order valence-corrected chi connectivity index (χ3v) is 6.20. The molecule has 1 aliphatic heterocycles. The lowest BCUT2D eigenvalue weighted by molar-refractivity contribution is 0.0696. The Kier molecular flexibility index (Phi) is 5.51. The van der Waals surface area contributed by atoms with E-state index in [4.69, 9.17) is 16.6 Å².